The molecule has 1 aliphatic heterocycles. The zero-order valence-corrected chi connectivity index (χ0v) is 37.4. The van der Waals surface area contributed by atoms with Crippen molar-refractivity contribution in [3.05, 3.63) is 0 Å². The van der Waals surface area contributed by atoms with E-state index in [2.05, 4.69) is 33.0 Å². The van der Waals surface area contributed by atoms with Gasteiger partial charge in [-0.2, -0.15) is 0 Å². The Hall–Kier alpha value is -1.14. The van der Waals surface area contributed by atoms with Crippen molar-refractivity contribution >= 4 is 11.9 Å². The molecular weight excluding hydrogens is 683 g/mol. The number of carbonyl (C=O) groups excluding carboxylic acids is 2. The minimum absolute atomic E-state index is 0.00950. The maximum Gasteiger partial charge on any atom is 0.306 e. The van der Waals surface area contributed by atoms with Crippen LogP contribution in [0.4, 0.5) is 0 Å². The van der Waals surface area contributed by atoms with Crippen LogP contribution in [-0.2, 0) is 23.8 Å². The zero-order chi connectivity index (χ0) is 39.9. The van der Waals surface area contributed by atoms with Gasteiger partial charge in [0.05, 0.1) is 6.61 Å². The van der Waals surface area contributed by atoms with Crippen molar-refractivity contribution in [1.82, 2.24) is 5.32 Å². The normalized spacial score (nSPS) is 14.7. The van der Waals surface area contributed by atoms with Crippen LogP contribution in [0.15, 0.2) is 0 Å². The van der Waals surface area contributed by atoms with Crippen LogP contribution in [-0.4, -0.2) is 49.9 Å². The Kier molecular flexibility index (Phi) is 37.4. The topological polar surface area (TPSA) is 73.9 Å². The van der Waals surface area contributed by atoms with Gasteiger partial charge in [0.25, 0.3) is 0 Å². The van der Waals surface area contributed by atoms with E-state index in [4.69, 9.17) is 14.2 Å². The van der Waals surface area contributed by atoms with E-state index < -0.39 is 0 Å². The molecule has 1 saturated heterocycles. The molecular formula is C49H95NO5. The van der Waals surface area contributed by atoms with Crippen LogP contribution in [0, 0.1) is 5.92 Å². The number of carbonyl (C=O) groups is 2. The summed E-state index contributed by atoms with van der Waals surface area (Å²) in [6.45, 7) is 11.3. The van der Waals surface area contributed by atoms with Gasteiger partial charge in [0.1, 0.15) is 6.10 Å². The molecule has 55 heavy (non-hydrogen) atoms. The van der Waals surface area contributed by atoms with Gasteiger partial charge in [-0.05, 0) is 76.5 Å². The molecule has 0 aromatic rings. The quantitative estimate of drug-likeness (QED) is 0.0492. The van der Waals surface area contributed by atoms with Crippen LogP contribution in [0.1, 0.15) is 259 Å². The summed E-state index contributed by atoms with van der Waals surface area (Å²) in [6, 6.07) is 1.17. The molecule has 1 N–H and O–H groups in total. The fourth-order valence-electron chi connectivity index (χ4n) is 8.19. The number of nitrogens with one attached hydrogen (secondary N) is 1. The molecule has 0 radical (unpaired) electrons. The van der Waals surface area contributed by atoms with Gasteiger partial charge in [0.2, 0.25) is 0 Å². The van der Waals surface area contributed by atoms with Gasteiger partial charge in [0.15, 0.2) is 0 Å². The number of esters is 2. The van der Waals surface area contributed by atoms with E-state index in [-0.39, 0.29) is 18.0 Å². The molecule has 2 unspecified atom stereocenters. The van der Waals surface area contributed by atoms with Gasteiger partial charge < -0.3 is 19.5 Å². The summed E-state index contributed by atoms with van der Waals surface area (Å²) in [4.78, 5) is 25.1. The highest BCUT2D eigenvalue weighted by Crippen LogP contribution is 2.20. The number of ether oxygens (including phenoxy) is 3. The molecule has 0 amide bonds. The third kappa shape index (κ3) is 34.6. The molecule has 326 valence electrons. The second kappa shape index (κ2) is 39.7. The lowest BCUT2D eigenvalue weighted by atomic mass is 9.98. The van der Waals surface area contributed by atoms with Crippen LogP contribution < -0.4 is 5.32 Å². The maximum absolute atomic E-state index is 12.8. The van der Waals surface area contributed by atoms with Crippen molar-refractivity contribution in [2.24, 2.45) is 5.92 Å². The fraction of sp³-hybridized carbons (Fsp3) is 0.959. The summed E-state index contributed by atoms with van der Waals surface area (Å²) in [6.07, 6.45) is 42.8. The van der Waals surface area contributed by atoms with E-state index in [1.54, 1.807) is 0 Å². The highest BCUT2D eigenvalue weighted by atomic mass is 16.5. The molecule has 0 spiro atoms. The molecule has 1 fully saturated rings. The molecule has 0 aromatic heterocycles. The Morgan fingerprint density at radius 1 is 0.527 bits per heavy atom. The average Bonchev–Trinajstić information content (AvgIpc) is 3.18. The zero-order valence-electron chi connectivity index (χ0n) is 37.4. The molecule has 6 nitrogen and oxygen atoms in total. The van der Waals surface area contributed by atoms with Gasteiger partial charge >= 0.3 is 11.9 Å². The first kappa shape index (κ1) is 51.9. The molecule has 0 bridgehead atoms. The summed E-state index contributed by atoms with van der Waals surface area (Å²) in [5.74, 6) is 0.502. The van der Waals surface area contributed by atoms with E-state index in [0.29, 0.717) is 37.5 Å². The van der Waals surface area contributed by atoms with Crippen LogP contribution in [0.2, 0.25) is 0 Å². The van der Waals surface area contributed by atoms with Crippen molar-refractivity contribution in [2.45, 2.75) is 277 Å². The van der Waals surface area contributed by atoms with Gasteiger partial charge in [0, 0.05) is 38.1 Å². The van der Waals surface area contributed by atoms with Crippen molar-refractivity contribution in [3.63, 3.8) is 0 Å². The molecule has 6 heteroatoms. The monoisotopic (exact) mass is 778 g/mol. The Bertz CT molecular complexity index is 814. The van der Waals surface area contributed by atoms with Crippen LogP contribution in [0.3, 0.4) is 0 Å². The molecule has 1 rings (SSSR count). The minimum atomic E-state index is -0.00950. The summed E-state index contributed by atoms with van der Waals surface area (Å²) < 4.78 is 17.3. The van der Waals surface area contributed by atoms with Crippen molar-refractivity contribution in [2.75, 3.05) is 19.8 Å². The van der Waals surface area contributed by atoms with Gasteiger partial charge in [-0.25, -0.2) is 0 Å². The second-order valence-electron chi connectivity index (χ2n) is 17.6. The second-order valence-corrected chi connectivity index (χ2v) is 17.6. The molecule has 2 atom stereocenters. The maximum atomic E-state index is 12.8. The molecule has 1 aliphatic rings. The first-order valence-electron chi connectivity index (χ1n) is 24.7. The lowest BCUT2D eigenvalue weighted by Crippen LogP contribution is -2.41. The highest BCUT2D eigenvalue weighted by molar-refractivity contribution is 5.69. The molecule has 0 aliphatic carbocycles. The summed E-state index contributed by atoms with van der Waals surface area (Å²) in [7, 11) is 0. The number of unbranched alkanes of at least 4 members (excludes halogenated alkanes) is 22. The summed E-state index contributed by atoms with van der Waals surface area (Å²) >= 11 is 0. The largest absolute Gasteiger partial charge is 0.465 e. The van der Waals surface area contributed by atoms with Gasteiger partial charge in [-0.1, -0.05) is 175 Å². The Morgan fingerprint density at radius 3 is 1.42 bits per heavy atom. The Morgan fingerprint density at radius 2 is 0.927 bits per heavy atom. The van der Waals surface area contributed by atoms with E-state index in [9.17, 15) is 9.59 Å². The van der Waals surface area contributed by atoms with E-state index >= 15 is 0 Å². The van der Waals surface area contributed by atoms with E-state index in [1.165, 1.54) is 167 Å². The van der Waals surface area contributed by atoms with Crippen molar-refractivity contribution in [1.29, 1.82) is 0 Å². The highest BCUT2D eigenvalue weighted by Gasteiger charge is 2.18. The molecule has 0 aromatic carbocycles. The number of hydrogen-bond donors (Lipinski definition) is 1. The summed E-state index contributed by atoms with van der Waals surface area (Å²) in [5.41, 5.74) is 0. The average molecular weight is 778 g/mol. The van der Waals surface area contributed by atoms with Crippen LogP contribution >= 0.6 is 0 Å². The van der Waals surface area contributed by atoms with E-state index in [0.717, 1.165) is 64.6 Å². The smallest absolute Gasteiger partial charge is 0.306 e. The van der Waals surface area contributed by atoms with Gasteiger partial charge in [-0.3, -0.25) is 9.59 Å². The standard InChI is InChI=1S/C49H95NO5/c1-5-8-11-14-21-28-35-47(36-29-22-15-12-9-6-2)55-49(52)38-31-24-17-20-27-34-45(50-46-39-41-53-42-40-46)33-26-19-16-23-30-37-48(51)54-43-44(4)32-25-18-13-10-7-3/h44-47,50H,5-43H2,1-4H3. The SMILES string of the molecule is CCCCCCCCC(CCCCCCCC)OC(=O)CCCCCCCC(CCCCCCCC(=O)OCC(C)CCCCCCC)NC1CCOCC1. The third-order valence-corrected chi connectivity index (χ3v) is 11.9. The third-order valence-electron chi connectivity index (χ3n) is 11.9. The van der Waals surface area contributed by atoms with Gasteiger partial charge in [-0.15, -0.1) is 0 Å². The first-order valence-corrected chi connectivity index (χ1v) is 24.7. The Labute approximate surface area is 342 Å². The number of rotatable bonds is 41. The summed E-state index contributed by atoms with van der Waals surface area (Å²) in [5, 5.41) is 4.00. The minimum Gasteiger partial charge on any atom is -0.465 e. The number of hydrogen-bond acceptors (Lipinski definition) is 6. The lowest BCUT2D eigenvalue weighted by molar-refractivity contribution is -0.150. The molecule has 0 saturated carbocycles. The van der Waals surface area contributed by atoms with Crippen molar-refractivity contribution < 1.29 is 23.8 Å². The predicted molar refractivity (Wildman–Crippen MR) is 235 cm³/mol. The Balaban J connectivity index is 2.24. The van der Waals surface area contributed by atoms with Crippen molar-refractivity contribution in [3.8, 4) is 0 Å². The van der Waals surface area contributed by atoms with Crippen LogP contribution in [0.25, 0.3) is 0 Å². The predicted octanol–water partition coefficient (Wildman–Crippen LogP) is 14.5. The van der Waals surface area contributed by atoms with E-state index in [1.807, 2.05) is 0 Å². The first-order chi connectivity index (χ1) is 27.0. The molecule has 1 heterocycles. The lowest BCUT2D eigenvalue weighted by Gasteiger charge is -2.29. The fourth-order valence-corrected chi connectivity index (χ4v) is 8.19. The van der Waals surface area contributed by atoms with Crippen LogP contribution in [0.5, 0.6) is 0 Å².